The molecule has 0 unspecified atom stereocenters. The number of nitrogens with one attached hydrogen (secondary N) is 2. The topological polar surface area (TPSA) is 58.5 Å². The number of pyridine rings is 1. The van der Waals surface area contributed by atoms with E-state index in [9.17, 15) is 13.2 Å². The first-order valence-corrected chi connectivity index (χ1v) is 9.31. The lowest BCUT2D eigenvalue weighted by molar-refractivity contribution is -0.138. The summed E-state index contributed by atoms with van der Waals surface area (Å²) in [7, 11) is 1.57. The third-order valence-corrected chi connectivity index (χ3v) is 3.91. The molecule has 0 saturated carbocycles. The van der Waals surface area contributed by atoms with Gasteiger partial charge in [-0.25, -0.2) is 0 Å². The minimum Gasteiger partial charge on any atom is -0.488 e. The zero-order valence-corrected chi connectivity index (χ0v) is 19.8. The lowest BCUT2D eigenvalue weighted by Gasteiger charge is -2.23. The van der Waals surface area contributed by atoms with E-state index in [1.54, 1.807) is 46.3 Å². The number of halogens is 4. The van der Waals surface area contributed by atoms with Crippen LogP contribution >= 0.6 is 24.0 Å². The number of aliphatic imine (C=N–C) groups is 1. The molecule has 0 aliphatic carbocycles. The molecule has 1 heterocycles. The highest BCUT2D eigenvalue weighted by Crippen LogP contribution is 2.35. The number of guanidine groups is 1. The Bertz CT molecular complexity index is 821. The quantitative estimate of drug-likeness (QED) is 0.317. The first-order chi connectivity index (χ1) is 13.6. The van der Waals surface area contributed by atoms with Gasteiger partial charge in [0.1, 0.15) is 11.4 Å². The van der Waals surface area contributed by atoms with Gasteiger partial charge in [0.25, 0.3) is 0 Å². The number of ether oxygens (including phenoxy) is 1. The Morgan fingerprint density at radius 1 is 1.13 bits per heavy atom. The maximum absolute atomic E-state index is 13.5. The van der Waals surface area contributed by atoms with Crippen LogP contribution in [0.15, 0.2) is 47.7 Å². The molecule has 0 spiro atoms. The average molecular weight is 536 g/mol. The Hall–Kier alpha value is -2.04. The Morgan fingerprint density at radius 3 is 2.43 bits per heavy atom. The van der Waals surface area contributed by atoms with E-state index in [1.165, 1.54) is 6.07 Å². The number of rotatable bonds is 6. The number of hydrogen-bond donors (Lipinski definition) is 2. The zero-order valence-electron chi connectivity index (χ0n) is 17.5. The molecule has 0 aliphatic heterocycles. The molecule has 5 nitrogen and oxygen atoms in total. The number of hydrogen-bond acceptors (Lipinski definition) is 3. The van der Waals surface area contributed by atoms with Crippen LogP contribution in [0.1, 0.15) is 37.5 Å². The smallest absolute Gasteiger partial charge is 0.416 e. The molecule has 2 N–H and O–H groups in total. The van der Waals surface area contributed by atoms with E-state index in [0.29, 0.717) is 12.5 Å². The second-order valence-electron chi connectivity index (χ2n) is 7.49. The molecule has 0 atom stereocenters. The van der Waals surface area contributed by atoms with Crippen molar-refractivity contribution in [1.82, 2.24) is 15.6 Å². The van der Waals surface area contributed by atoms with Crippen LogP contribution in [0.3, 0.4) is 0 Å². The van der Waals surface area contributed by atoms with Crippen LogP contribution in [-0.2, 0) is 19.1 Å². The van der Waals surface area contributed by atoms with Crippen LogP contribution < -0.4 is 15.4 Å². The predicted octanol–water partition coefficient (Wildman–Crippen LogP) is 4.80. The van der Waals surface area contributed by atoms with Crippen molar-refractivity contribution in [3.05, 3.63) is 59.4 Å². The van der Waals surface area contributed by atoms with Gasteiger partial charge in [0.15, 0.2) is 5.96 Å². The van der Waals surface area contributed by atoms with Crippen molar-refractivity contribution in [2.45, 2.75) is 45.5 Å². The summed E-state index contributed by atoms with van der Waals surface area (Å²) in [4.78, 5) is 8.12. The van der Waals surface area contributed by atoms with Gasteiger partial charge in [-0.05, 0) is 56.5 Å². The van der Waals surface area contributed by atoms with Gasteiger partial charge in [-0.15, -0.1) is 24.0 Å². The molecule has 0 aliphatic rings. The van der Waals surface area contributed by atoms with Crippen LogP contribution in [0.2, 0.25) is 0 Å². The third-order valence-electron chi connectivity index (χ3n) is 3.91. The van der Waals surface area contributed by atoms with Gasteiger partial charge in [0.2, 0.25) is 0 Å². The minimum absolute atomic E-state index is 0. The number of benzene rings is 1. The first-order valence-electron chi connectivity index (χ1n) is 9.31. The summed E-state index contributed by atoms with van der Waals surface area (Å²) < 4.78 is 46.1. The molecule has 2 aromatic rings. The van der Waals surface area contributed by atoms with E-state index in [-0.39, 0.29) is 41.8 Å². The molecule has 30 heavy (non-hydrogen) atoms. The maximum Gasteiger partial charge on any atom is 0.416 e. The van der Waals surface area contributed by atoms with Gasteiger partial charge < -0.3 is 15.4 Å². The predicted molar refractivity (Wildman–Crippen MR) is 123 cm³/mol. The molecule has 0 saturated heterocycles. The van der Waals surface area contributed by atoms with Crippen molar-refractivity contribution in [1.29, 1.82) is 0 Å². The van der Waals surface area contributed by atoms with E-state index in [2.05, 4.69) is 20.6 Å². The van der Waals surface area contributed by atoms with E-state index >= 15 is 0 Å². The van der Waals surface area contributed by atoms with Gasteiger partial charge in [0, 0.05) is 32.5 Å². The lowest BCUT2D eigenvalue weighted by atomic mass is 10.1. The van der Waals surface area contributed by atoms with E-state index in [4.69, 9.17) is 4.74 Å². The van der Waals surface area contributed by atoms with Crippen LogP contribution in [-0.4, -0.2) is 30.1 Å². The Balaban J connectivity index is 0.00000450. The van der Waals surface area contributed by atoms with Gasteiger partial charge in [-0.3, -0.25) is 9.98 Å². The van der Waals surface area contributed by atoms with Crippen molar-refractivity contribution >= 4 is 29.9 Å². The zero-order chi connectivity index (χ0) is 21.5. The monoisotopic (exact) mass is 536 g/mol. The Kier molecular flexibility index (Phi) is 9.86. The number of nitrogens with zero attached hydrogens (tertiary/aromatic N) is 2. The van der Waals surface area contributed by atoms with E-state index in [0.717, 1.165) is 18.1 Å². The minimum atomic E-state index is -4.48. The van der Waals surface area contributed by atoms with Gasteiger partial charge >= 0.3 is 6.18 Å². The summed E-state index contributed by atoms with van der Waals surface area (Å²) in [6.45, 7) is 5.93. The van der Waals surface area contributed by atoms with Gasteiger partial charge in [-0.1, -0.05) is 12.1 Å². The summed E-state index contributed by atoms with van der Waals surface area (Å²) >= 11 is 0. The van der Waals surface area contributed by atoms with E-state index in [1.807, 2.05) is 12.1 Å². The molecule has 166 valence electrons. The molecule has 1 aromatic heterocycles. The molecular formula is C21H28F3IN4O. The van der Waals surface area contributed by atoms with Crippen molar-refractivity contribution in [2.75, 3.05) is 13.6 Å². The molecule has 9 heteroatoms. The van der Waals surface area contributed by atoms with E-state index < -0.39 is 17.3 Å². The van der Waals surface area contributed by atoms with Crippen molar-refractivity contribution in [3.8, 4) is 5.75 Å². The molecule has 0 fully saturated rings. The normalized spacial score (nSPS) is 12.2. The molecule has 1 aromatic carbocycles. The fourth-order valence-corrected chi connectivity index (χ4v) is 2.66. The molecule has 0 amide bonds. The second-order valence-corrected chi connectivity index (χ2v) is 7.49. The highest BCUT2D eigenvalue weighted by molar-refractivity contribution is 14.0. The standard InChI is InChI=1S/C21H27F3N4O.HI/c1-20(2,3)29-17-8-7-16(18(12-17)21(22,23)24)14-28-19(25-4)27-11-9-15-6-5-10-26-13-15;/h5-8,10,12-13H,9,11,14H2,1-4H3,(H2,25,27,28);1H. The summed E-state index contributed by atoms with van der Waals surface area (Å²) in [6.07, 6.45) is -0.283. The fraction of sp³-hybridized carbons (Fsp3) is 0.429. The number of alkyl halides is 3. The summed E-state index contributed by atoms with van der Waals surface area (Å²) in [5.74, 6) is 0.615. The maximum atomic E-state index is 13.5. The molecular weight excluding hydrogens is 508 g/mol. The Morgan fingerprint density at radius 2 is 1.87 bits per heavy atom. The molecule has 0 radical (unpaired) electrons. The second kappa shape index (κ2) is 11.4. The Labute approximate surface area is 192 Å². The molecule has 2 rings (SSSR count). The highest BCUT2D eigenvalue weighted by atomic mass is 127. The summed E-state index contributed by atoms with van der Waals surface area (Å²) in [6, 6.07) is 7.84. The van der Waals surface area contributed by atoms with Gasteiger partial charge in [-0.2, -0.15) is 13.2 Å². The summed E-state index contributed by atoms with van der Waals surface area (Å²) in [5.41, 5.74) is -0.126. The summed E-state index contributed by atoms with van der Waals surface area (Å²) in [5, 5.41) is 6.03. The molecule has 0 bridgehead atoms. The van der Waals surface area contributed by atoms with Crippen molar-refractivity contribution in [2.24, 2.45) is 4.99 Å². The first kappa shape index (κ1) is 26.0. The number of aromatic nitrogens is 1. The van der Waals surface area contributed by atoms with Crippen LogP contribution in [0.5, 0.6) is 5.75 Å². The van der Waals surface area contributed by atoms with Crippen LogP contribution in [0.25, 0.3) is 0 Å². The van der Waals surface area contributed by atoms with Crippen LogP contribution in [0.4, 0.5) is 13.2 Å². The largest absolute Gasteiger partial charge is 0.488 e. The van der Waals surface area contributed by atoms with Crippen molar-refractivity contribution in [3.63, 3.8) is 0 Å². The van der Waals surface area contributed by atoms with Gasteiger partial charge in [0.05, 0.1) is 5.56 Å². The van der Waals surface area contributed by atoms with Crippen molar-refractivity contribution < 1.29 is 17.9 Å². The highest BCUT2D eigenvalue weighted by Gasteiger charge is 2.34. The fourth-order valence-electron chi connectivity index (χ4n) is 2.66. The average Bonchev–Trinajstić information content (AvgIpc) is 2.64. The third kappa shape index (κ3) is 8.76. The van der Waals surface area contributed by atoms with Crippen LogP contribution in [0, 0.1) is 0 Å². The SMILES string of the molecule is CN=C(NCCc1cccnc1)NCc1ccc(OC(C)(C)C)cc1C(F)(F)F.I. The lowest BCUT2D eigenvalue weighted by Crippen LogP contribution is -2.38.